The van der Waals surface area contributed by atoms with Crippen LogP contribution in [0.5, 0.6) is 0 Å². The van der Waals surface area contributed by atoms with Crippen LogP contribution >= 0.6 is 0 Å². The number of alkyl halides is 3. The van der Waals surface area contributed by atoms with Crippen LogP contribution in [-0.2, 0) is 27.0 Å². The minimum Gasteiger partial charge on any atom is -0.378 e. The van der Waals surface area contributed by atoms with Crippen LogP contribution in [0.1, 0.15) is 80.7 Å². The first-order valence-electron chi connectivity index (χ1n) is 18.2. The van der Waals surface area contributed by atoms with Gasteiger partial charge in [-0.2, -0.15) is 13.2 Å². The molecule has 0 spiro atoms. The fourth-order valence-electron chi connectivity index (χ4n) is 8.74. The van der Waals surface area contributed by atoms with Crippen molar-refractivity contribution in [2.45, 2.75) is 83.5 Å². The smallest absolute Gasteiger partial charge is 0.378 e. The quantitative estimate of drug-likeness (QED) is 0.183. The molecule has 3 aromatic carbocycles. The number of halogens is 3. The van der Waals surface area contributed by atoms with Crippen molar-refractivity contribution in [1.29, 1.82) is 0 Å². The van der Waals surface area contributed by atoms with Gasteiger partial charge in [0.25, 0.3) is 0 Å². The number of aromatic nitrogens is 1. The van der Waals surface area contributed by atoms with E-state index in [1.54, 1.807) is 4.90 Å². The molecule has 7 nitrogen and oxygen atoms in total. The summed E-state index contributed by atoms with van der Waals surface area (Å²) in [5.41, 5.74) is 3.59. The van der Waals surface area contributed by atoms with Crippen molar-refractivity contribution < 1.29 is 27.5 Å². The molecule has 2 atom stereocenters. The lowest BCUT2D eigenvalue weighted by atomic mass is 9.78. The van der Waals surface area contributed by atoms with Gasteiger partial charge in [-0.1, -0.05) is 63.4 Å². The van der Waals surface area contributed by atoms with E-state index < -0.39 is 17.3 Å². The summed E-state index contributed by atoms with van der Waals surface area (Å²) in [5, 5.41) is 4.31. The van der Waals surface area contributed by atoms with Gasteiger partial charge in [-0.15, -0.1) is 0 Å². The van der Waals surface area contributed by atoms with Gasteiger partial charge in [0.15, 0.2) is 0 Å². The topological polar surface area (TPSA) is 77.7 Å². The average molecular weight is 701 g/mol. The van der Waals surface area contributed by atoms with Crippen LogP contribution < -0.4 is 10.2 Å². The molecule has 0 bridgehead atoms. The molecular weight excluding hydrogens is 653 g/mol. The molecule has 2 amide bonds. The Morgan fingerprint density at radius 2 is 1.61 bits per heavy atom. The number of nitrogens with one attached hydrogen (secondary N) is 2. The summed E-state index contributed by atoms with van der Waals surface area (Å²) >= 11 is 0. The van der Waals surface area contributed by atoms with Crippen LogP contribution in [0.2, 0.25) is 0 Å². The number of anilines is 2. The molecule has 2 unspecified atom stereocenters. The van der Waals surface area contributed by atoms with E-state index in [0.717, 1.165) is 66.8 Å². The van der Waals surface area contributed by atoms with Crippen molar-refractivity contribution in [1.82, 2.24) is 9.88 Å². The second-order valence-electron chi connectivity index (χ2n) is 15.2. The molecule has 3 aliphatic rings. The highest BCUT2D eigenvalue weighted by atomic mass is 19.4. The molecule has 1 saturated heterocycles. The zero-order valence-electron chi connectivity index (χ0n) is 29.6. The molecule has 1 aromatic heterocycles. The number of morpholine rings is 1. The van der Waals surface area contributed by atoms with Crippen molar-refractivity contribution >= 4 is 34.1 Å². The van der Waals surface area contributed by atoms with Gasteiger partial charge < -0.3 is 24.8 Å². The van der Waals surface area contributed by atoms with Gasteiger partial charge in [0, 0.05) is 54.0 Å². The highest BCUT2D eigenvalue weighted by Gasteiger charge is 2.60. The number of rotatable bonds is 9. The summed E-state index contributed by atoms with van der Waals surface area (Å²) < 4.78 is 45.9. The number of nitrogens with zero attached hydrogens (tertiary/aromatic N) is 2. The predicted molar refractivity (Wildman–Crippen MR) is 194 cm³/mol. The summed E-state index contributed by atoms with van der Waals surface area (Å²) in [6.45, 7) is 9.46. The number of H-pyrrole nitrogens is 1. The summed E-state index contributed by atoms with van der Waals surface area (Å²) in [7, 11) is 0. The van der Waals surface area contributed by atoms with E-state index >= 15 is 0 Å². The first-order chi connectivity index (χ1) is 24.4. The van der Waals surface area contributed by atoms with Gasteiger partial charge in [-0.25, -0.2) is 0 Å². The highest BCUT2D eigenvalue weighted by Crippen LogP contribution is 2.67. The lowest BCUT2D eigenvalue weighted by Gasteiger charge is -2.45. The van der Waals surface area contributed by atoms with Crippen molar-refractivity contribution in [3.05, 3.63) is 95.2 Å². The van der Waals surface area contributed by atoms with E-state index in [0.29, 0.717) is 37.3 Å². The number of ether oxygens (including phenoxy) is 1. The number of benzene rings is 3. The second-order valence-corrected chi connectivity index (χ2v) is 15.2. The van der Waals surface area contributed by atoms with Gasteiger partial charge in [-0.3, -0.25) is 9.59 Å². The zero-order valence-corrected chi connectivity index (χ0v) is 29.6. The average Bonchev–Trinajstić information content (AvgIpc) is 3.47. The van der Waals surface area contributed by atoms with Crippen molar-refractivity contribution in [2.24, 2.45) is 11.3 Å². The van der Waals surface area contributed by atoms with Gasteiger partial charge in [0.05, 0.1) is 18.8 Å². The maximum atomic E-state index is 14.8. The fraction of sp³-hybridized carbons (Fsp3) is 0.463. The summed E-state index contributed by atoms with van der Waals surface area (Å²) in [6.07, 6.45) is -0.780. The minimum atomic E-state index is -4.47. The Hall–Kier alpha value is -4.31. The molecule has 1 aliphatic heterocycles. The lowest BCUT2D eigenvalue weighted by molar-refractivity contribution is -0.149. The maximum Gasteiger partial charge on any atom is 0.416 e. The molecule has 2 heterocycles. The molecule has 3 fully saturated rings. The van der Waals surface area contributed by atoms with Crippen molar-refractivity contribution in [2.75, 3.05) is 36.5 Å². The molecule has 10 heteroatoms. The maximum absolute atomic E-state index is 14.8. The third-order valence-corrected chi connectivity index (χ3v) is 11.7. The van der Waals surface area contributed by atoms with E-state index in [1.165, 1.54) is 17.7 Å². The first-order valence-corrected chi connectivity index (χ1v) is 18.2. The van der Waals surface area contributed by atoms with E-state index in [1.807, 2.05) is 36.4 Å². The number of amides is 2. The van der Waals surface area contributed by atoms with E-state index in [9.17, 15) is 22.8 Å². The number of aromatic amines is 1. The number of fused-ring (bicyclic) bond motifs is 1. The van der Waals surface area contributed by atoms with Crippen LogP contribution in [0, 0.1) is 18.3 Å². The largest absolute Gasteiger partial charge is 0.416 e. The Balaban J connectivity index is 1.19. The molecule has 0 radical (unpaired) electrons. The Morgan fingerprint density at radius 3 is 2.27 bits per heavy atom. The Labute approximate surface area is 297 Å². The van der Waals surface area contributed by atoms with Crippen LogP contribution in [-0.4, -0.2) is 53.5 Å². The number of carbonyl (C=O) groups is 2. The van der Waals surface area contributed by atoms with Crippen molar-refractivity contribution in [3.63, 3.8) is 0 Å². The van der Waals surface area contributed by atoms with Gasteiger partial charge in [0.2, 0.25) is 11.8 Å². The summed E-state index contributed by atoms with van der Waals surface area (Å²) in [6, 6.07) is 21.0. The molecule has 270 valence electrons. The van der Waals surface area contributed by atoms with E-state index in [-0.39, 0.29) is 42.0 Å². The highest BCUT2D eigenvalue weighted by molar-refractivity contribution is 6.01. The van der Waals surface area contributed by atoms with Crippen LogP contribution in [0.15, 0.2) is 72.8 Å². The lowest BCUT2D eigenvalue weighted by Crippen LogP contribution is -2.59. The van der Waals surface area contributed by atoms with E-state index in [2.05, 4.69) is 48.1 Å². The number of para-hydroxylation sites is 1. The zero-order chi connectivity index (χ0) is 36.0. The van der Waals surface area contributed by atoms with E-state index in [4.69, 9.17) is 4.74 Å². The fourth-order valence-corrected chi connectivity index (χ4v) is 8.74. The molecule has 2 N–H and O–H groups in total. The number of hydrogen-bond acceptors (Lipinski definition) is 4. The monoisotopic (exact) mass is 700 g/mol. The minimum absolute atomic E-state index is 0.0365. The Kier molecular flexibility index (Phi) is 9.41. The standard InChI is InChI=1S/C41H47F3N4O3/c1-27-36(32-9-5-6-10-34(32)45-27)37-33(39(37,2)3)25-35(49)48(26-28-11-13-29(14-12-28)41(42,43)44)40(19-7-4-8-20-40)38(50)46-30-15-17-31(18-16-30)47-21-23-51-24-22-47/h5-6,9-18,33,37,45H,4,7-8,19-26H2,1-3H3,(H,46,50). The molecule has 51 heavy (non-hydrogen) atoms. The van der Waals surface area contributed by atoms with Crippen LogP contribution in [0.25, 0.3) is 10.9 Å². The van der Waals surface area contributed by atoms with Crippen LogP contribution in [0.3, 0.4) is 0 Å². The third kappa shape index (κ3) is 6.87. The molecule has 4 aromatic rings. The number of aryl methyl sites for hydroxylation is 1. The molecular formula is C41H47F3N4O3. The van der Waals surface area contributed by atoms with Gasteiger partial charge in [0.1, 0.15) is 5.54 Å². The summed E-state index contributed by atoms with van der Waals surface area (Å²) in [5.74, 6) is -0.213. The van der Waals surface area contributed by atoms with Crippen molar-refractivity contribution in [3.8, 4) is 0 Å². The molecule has 2 aliphatic carbocycles. The number of carbonyl (C=O) groups excluding carboxylic acids is 2. The SMILES string of the molecule is Cc1[nH]c2ccccc2c1C1C(CC(=O)N(Cc2ccc(C(F)(F)F)cc2)C2(C(=O)Nc3ccc(N4CCOCC4)cc3)CCCCC2)C1(C)C. The Morgan fingerprint density at radius 1 is 0.941 bits per heavy atom. The second kappa shape index (κ2) is 13.7. The first kappa shape index (κ1) is 35.1. The van der Waals surface area contributed by atoms with Crippen LogP contribution in [0.4, 0.5) is 24.5 Å². The summed E-state index contributed by atoms with van der Waals surface area (Å²) in [4.78, 5) is 36.8. The van der Waals surface area contributed by atoms with Gasteiger partial charge in [-0.05, 0) is 90.6 Å². The third-order valence-electron chi connectivity index (χ3n) is 11.7. The number of hydrogen-bond donors (Lipinski definition) is 2. The Bertz CT molecular complexity index is 1870. The molecule has 7 rings (SSSR count). The normalized spacial score (nSPS) is 21.3. The van der Waals surface area contributed by atoms with Gasteiger partial charge >= 0.3 is 6.18 Å². The predicted octanol–water partition coefficient (Wildman–Crippen LogP) is 8.83. The molecule has 2 saturated carbocycles.